The van der Waals surface area contributed by atoms with E-state index in [2.05, 4.69) is 15.5 Å². The first-order valence-electron chi connectivity index (χ1n) is 6.42. The quantitative estimate of drug-likeness (QED) is 0.661. The van der Waals surface area contributed by atoms with Gasteiger partial charge in [0.15, 0.2) is 5.82 Å². The molecule has 0 aliphatic carbocycles. The highest BCUT2D eigenvalue weighted by molar-refractivity contribution is 7.98. The molecule has 0 fully saturated rings. The number of nitrogens with zero attached hydrogens (tertiary/aromatic N) is 2. The Bertz CT molecular complexity index is 450. The second-order valence-electron chi connectivity index (χ2n) is 4.29. The van der Waals surface area contributed by atoms with E-state index in [9.17, 15) is 9.59 Å². The molecular formula is C12H19N3O4S. The van der Waals surface area contributed by atoms with Crippen LogP contribution in [0.2, 0.25) is 0 Å². The van der Waals surface area contributed by atoms with Crippen LogP contribution < -0.4 is 5.32 Å². The molecule has 0 saturated heterocycles. The molecule has 1 atom stereocenters. The van der Waals surface area contributed by atoms with Crippen molar-refractivity contribution in [1.29, 1.82) is 0 Å². The van der Waals surface area contributed by atoms with Crippen molar-refractivity contribution >= 4 is 23.6 Å². The summed E-state index contributed by atoms with van der Waals surface area (Å²) in [6, 6.07) is -0.846. The van der Waals surface area contributed by atoms with Crippen LogP contribution in [0.3, 0.4) is 0 Å². The molecular weight excluding hydrogens is 282 g/mol. The van der Waals surface area contributed by atoms with Crippen LogP contribution in [0.4, 0.5) is 0 Å². The lowest BCUT2D eigenvalue weighted by Gasteiger charge is -2.12. The Morgan fingerprint density at radius 3 is 2.85 bits per heavy atom. The minimum Gasteiger partial charge on any atom is -0.480 e. The van der Waals surface area contributed by atoms with Gasteiger partial charge >= 0.3 is 5.97 Å². The van der Waals surface area contributed by atoms with E-state index in [1.54, 1.807) is 0 Å². The first-order chi connectivity index (χ1) is 9.52. The lowest BCUT2D eigenvalue weighted by molar-refractivity contribution is -0.141. The van der Waals surface area contributed by atoms with Crippen LogP contribution in [-0.4, -0.2) is 38.9 Å². The number of nitrogens with one attached hydrogen (secondary N) is 1. The van der Waals surface area contributed by atoms with Gasteiger partial charge < -0.3 is 14.9 Å². The summed E-state index contributed by atoms with van der Waals surface area (Å²) < 4.78 is 5.05. The Hall–Kier alpha value is -1.57. The summed E-state index contributed by atoms with van der Waals surface area (Å²) in [6.45, 7) is 3.34. The van der Waals surface area contributed by atoms with Crippen molar-refractivity contribution in [3.63, 3.8) is 0 Å². The Morgan fingerprint density at radius 2 is 2.25 bits per heavy atom. The third kappa shape index (κ3) is 6.05. The number of aliphatic carboxylic acids is 1. The minimum absolute atomic E-state index is 0.343. The molecule has 2 N–H and O–H groups in total. The van der Waals surface area contributed by atoms with Crippen molar-refractivity contribution in [2.24, 2.45) is 0 Å². The molecule has 0 aliphatic rings. The van der Waals surface area contributed by atoms with Gasteiger partial charge in [0.25, 0.3) is 0 Å². The predicted molar refractivity (Wildman–Crippen MR) is 74.3 cm³/mol. The van der Waals surface area contributed by atoms with E-state index in [-0.39, 0.29) is 5.91 Å². The van der Waals surface area contributed by atoms with E-state index in [0.717, 1.165) is 12.8 Å². The van der Waals surface area contributed by atoms with E-state index in [1.165, 1.54) is 18.7 Å². The van der Waals surface area contributed by atoms with E-state index >= 15 is 0 Å². The number of amides is 1. The molecule has 0 saturated carbocycles. The number of carboxylic acid groups (broad SMARTS) is 1. The number of rotatable bonds is 9. The van der Waals surface area contributed by atoms with Crippen molar-refractivity contribution in [3.8, 4) is 0 Å². The van der Waals surface area contributed by atoms with Crippen LogP contribution in [-0.2, 0) is 21.8 Å². The van der Waals surface area contributed by atoms with Crippen LogP contribution in [0.1, 0.15) is 38.4 Å². The Morgan fingerprint density at radius 1 is 1.50 bits per heavy atom. The lowest BCUT2D eigenvalue weighted by atomic mass is 10.2. The van der Waals surface area contributed by atoms with E-state index in [0.29, 0.717) is 29.6 Å². The van der Waals surface area contributed by atoms with E-state index in [1.807, 2.05) is 6.92 Å². The second-order valence-corrected chi connectivity index (χ2v) is 5.39. The van der Waals surface area contributed by atoms with Gasteiger partial charge in [-0.05, 0) is 18.6 Å². The maximum Gasteiger partial charge on any atom is 0.326 e. The van der Waals surface area contributed by atoms with Crippen LogP contribution >= 0.6 is 11.8 Å². The van der Waals surface area contributed by atoms with Crippen molar-refractivity contribution in [2.45, 2.75) is 44.9 Å². The van der Waals surface area contributed by atoms with Crippen LogP contribution in [0.5, 0.6) is 0 Å². The van der Waals surface area contributed by atoms with Crippen molar-refractivity contribution in [3.05, 3.63) is 11.7 Å². The van der Waals surface area contributed by atoms with Crippen LogP contribution in [0, 0.1) is 0 Å². The van der Waals surface area contributed by atoms with Gasteiger partial charge in [0, 0.05) is 13.3 Å². The molecule has 1 rings (SSSR count). The number of carbonyl (C=O) groups excluding carboxylic acids is 1. The second kappa shape index (κ2) is 8.57. The van der Waals surface area contributed by atoms with Gasteiger partial charge in [0.05, 0.1) is 5.75 Å². The smallest absolute Gasteiger partial charge is 0.326 e. The predicted octanol–water partition coefficient (Wildman–Crippen LogP) is 1.23. The summed E-state index contributed by atoms with van der Waals surface area (Å²) in [6.07, 6.45) is 2.08. The van der Waals surface area contributed by atoms with Gasteiger partial charge in [-0.25, -0.2) is 4.79 Å². The fraction of sp³-hybridized carbons (Fsp3) is 0.667. The first kappa shape index (κ1) is 16.5. The fourth-order valence-electron chi connectivity index (χ4n) is 1.53. The standard InChI is InChI=1S/C12H19N3O4S/c1-3-4-11-14-10(15-19-11)7-20-6-5-9(12(17)18)13-8(2)16/h9H,3-7H2,1-2H3,(H,13,16)(H,17,18). The summed E-state index contributed by atoms with van der Waals surface area (Å²) in [5.74, 6) is 1.04. The molecule has 1 heterocycles. The molecule has 1 amide bonds. The molecule has 0 aromatic carbocycles. The molecule has 1 unspecified atom stereocenters. The monoisotopic (exact) mass is 301 g/mol. The van der Waals surface area contributed by atoms with Crippen LogP contribution in [0.15, 0.2) is 4.52 Å². The normalized spacial score (nSPS) is 12.1. The molecule has 0 aliphatic heterocycles. The lowest BCUT2D eigenvalue weighted by Crippen LogP contribution is -2.39. The maximum atomic E-state index is 10.9. The molecule has 0 radical (unpaired) electrons. The Balaban J connectivity index is 2.28. The summed E-state index contributed by atoms with van der Waals surface area (Å²) in [7, 11) is 0. The van der Waals surface area contributed by atoms with Gasteiger partial charge in [0.2, 0.25) is 11.8 Å². The first-order valence-corrected chi connectivity index (χ1v) is 7.57. The molecule has 0 spiro atoms. The van der Waals surface area contributed by atoms with E-state index in [4.69, 9.17) is 9.63 Å². The van der Waals surface area contributed by atoms with Crippen molar-refractivity contribution in [1.82, 2.24) is 15.5 Å². The molecule has 1 aromatic heterocycles. The molecule has 1 aromatic rings. The largest absolute Gasteiger partial charge is 0.480 e. The molecule has 20 heavy (non-hydrogen) atoms. The topological polar surface area (TPSA) is 105 Å². The average Bonchev–Trinajstić information content (AvgIpc) is 2.80. The summed E-state index contributed by atoms with van der Waals surface area (Å²) in [5.41, 5.74) is 0. The van der Waals surface area contributed by atoms with Crippen molar-refractivity contribution < 1.29 is 19.2 Å². The number of carbonyl (C=O) groups is 2. The molecule has 112 valence electrons. The highest BCUT2D eigenvalue weighted by atomic mass is 32.2. The molecule has 0 bridgehead atoms. The average molecular weight is 301 g/mol. The van der Waals surface area contributed by atoms with Gasteiger partial charge in [-0.3, -0.25) is 4.79 Å². The molecule has 7 nitrogen and oxygen atoms in total. The SMILES string of the molecule is CCCc1nc(CSCCC(NC(C)=O)C(=O)O)no1. The zero-order chi connectivity index (χ0) is 15.0. The third-order valence-electron chi connectivity index (χ3n) is 2.43. The zero-order valence-electron chi connectivity index (χ0n) is 11.6. The minimum atomic E-state index is -1.02. The van der Waals surface area contributed by atoms with Gasteiger partial charge in [-0.15, -0.1) is 0 Å². The summed E-state index contributed by atoms with van der Waals surface area (Å²) in [4.78, 5) is 26.0. The number of aryl methyl sites for hydroxylation is 1. The third-order valence-corrected chi connectivity index (χ3v) is 3.42. The van der Waals surface area contributed by atoms with Crippen LogP contribution in [0.25, 0.3) is 0 Å². The highest BCUT2D eigenvalue weighted by Gasteiger charge is 2.17. The van der Waals surface area contributed by atoms with Gasteiger partial charge in [0.1, 0.15) is 6.04 Å². The molecule has 8 heteroatoms. The number of hydrogen-bond acceptors (Lipinski definition) is 6. The number of thioether (sulfide) groups is 1. The summed E-state index contributed by atoms with van der Waals surface area (Å²) in [5, 5.41) is 15.2. The fourth-order valence-corrected chi connectivity index (χ4v) is 2.38. The number of carboxylic acids is 1. The maximum absolute atomic E-state index is 10.9. The zero-order valence-corrected chi connectivity index (χ0v) is 12.4. The van der Waals surface area contributed by atoms with Gasteiger partial charge in [-0.1, -0.05) is 12.1 Å². The van der Waals surface area contributed by atoms with Gasteiger partial charge in [-0.2, -0.15) is 16.7 Å². The Labute approximate surface area is 121 Å². The van der Waals surface area contributed by atoms with E-state index < -0.39 is 12.0 Å². The summed E-state index contributed by atoms with van der Waals surface area (Å²) >= 11 is 1.51. The number of aromatic nitrogens is 2. The van der Waals surface area contributed by atoms with Crippen molar-refractivity contribution in [2.75, 3.05) is 5.75 Å². The number of hydrogen-bond donors (Lipinski definition) is 2. The highest BCUT2D eigenvalue weighted by Crippen LogP contribution is 2.12. The Kier molecular flexibility index (Phi) is 7.06.